The summed E-state index contributed by atoms with van der Waals surface area (Å²) in [6.07, 6.45) is 11.1. The van der Waals surface area contributed by atoms with Crippen LogP contribution < -0.4 is 0 Å². The van der Waals surface area contributed by atoms with Crippen LogP contribution in [0.4, 0.5) is 0 Å². The van der Waals surface area contributed by atoms with Crippen molar-refractivity contribution < 1.29 is 14.9 Å². The number of aliphatic hydroxyl groups is 2. The minimum absolute atomic E-state index is 0.0359. The summed E-state index contributed by atoms with van der Waals surface area (Å²) < 4.78 is 5.94. The van der Waals surface area contributed by atoms with Gasteiger partial charge >= 0.3 is 0 Å². The van der Waals surface area contributed by atoms with Crippen LogP contribution in [0.25, 0.3) is 0 Å². The highest BCUT2D eigenvalue weighted by Gasteiger charge is 2.67. The first kappa shape index (κ1) is 17.2. The van der Waals surface area contributed by atoms with E-state index in [1.807, 2.05) is 0 Å². The topological polar surface area (TPSA) is 53.0 Å². The van der Waals surface area contributed by atoms with E-state index in [0.29, 0.717) is 5.92 Å². The summed E-state index contributed by atoms with van der Waals surface area (Å²) in [6, 6.07) is 0. The number of ether oxygens (including phenoxy) is 1. The Bertz CT molecular complexity index is 322. The Kier molecular flexibility index (Phi) is 5.72. The molecule has 0 radical (unpaired) electrons. The van der Waals surface area contributed by atoms with E-state index in [0.717, 1.165) is 32.1 Å². The fourth-order valence-corrected chi connectivity index (χ4v) is 4.36. The number of hydrogen-bond donors (Lipinski definition) is 2. The molecule has 3 rings (SSSR count). The first-order chi connectivity index (χ1) is 9.91. The van der Waals surface area contributed by atoms with E-state index in [2.05, 4.69) is 20.8 Å². The maximum absolute atomic E-state index is 9.68. The van der Waals surface area contributed by atoms with Gasteiger partial charge in [0, 0.05) is 0 Å². The lowest BCUT2D eigenvalue weighted by atomic mass is 9.70. The summed E-state index contributed by atoms with van der Waals surface area (Å²) >= 11 is 0. The van der Waals surface area contributed by atoms with Gasteiger partial charge in [0.15, 0.2) is 0 Å². The molecule has 0 amide bonds. The maximum Gasteiger partial charge on any atom is 0.100 e. The molecule has 3 fully saturated rings. The fourth-order valence-electron chi connectivity index (χ4n) is 4.36. The van der Waals surface area contributed by atoms with Crippen LogP contribution in [0.2, 0.25) is 0 Å². The molecular weight excluding hydrogens is 264 g/mol. The molecule has 1 saturated heterocycles. The SMILES string of the molecule is CCCC1CC(O)CCC12OC2(C)C.OC1CCCCC1. The smallest absolute Gasteiger partial charge is 0.100 e. The number of rotatable bonds is 2. The largest absolute Gasteiger partial charge is 0.393 e. The molecule has 1 spiro atoms. The second kappa shape index (κ2) is 6.97. The van der Waals surface area contributed by atoms with Gasteiger partial charge in [-0.1, -0.05) is 32.6 Å². The molecule has 0 aromatic heterocycles. The molecule has 3 nitrogen and oxygen atoms in total. The third-order valence-corrected chi connectivity index (χ3v) is 5.69. The lowest BCUT2D eigenvalue weighted by Crippen LogP contribution is -2.38. The zero-order valence-electron chi connectivity index (χ0n) is 14.1. The molecule has 3 atom stereocenters. The molecule has 3 heteroatoms. The minimum Gasteiger partial charge on any atom is -0.393 e. The molecule has 2 saturated carbocycles. The van der Waals surface area contributed by atoms with Crippen LogP contribution in [0.1, 0.15) is 85.0 Å². The van der Waals surface area contributed by atoms with Gasteiger partial charge < -0.3 is 14.9 Å². The molecule has 2 N–H and O–H groups in total. The Morgan fingerprint density at radius 3 is 2.05 bits per heavy atom. The van der Waals surface area contributed by atoms with Crippen LogP contribution in [-0.2, 0) is 4.74 Å². The van der Waals surface area contributed by atoms with Crippen LogP contribution in [0.3, 0.4) is 0 Å². The minimum atomic E-state index is -0.0859. The van der Waals surface area contributed by atoms with Crippen molar-refractivity contribution in [1.29, 1.82) is 0 Å². The van der Waals surface area contributed by atoms with Crippen molar-refractivity contribution in [3.05, 3.63) is 0 Å². The number of epoxide rings is 1. The van der Waals surface area contributed by atoms with Crippen LogP contribution in [0.15, 0.2) is 0 Å². The first-order valence-corrected chi connectivity index (χ1v) is 8.97. The molecule has 3 unspecified atom stereocenters. The van der Waals surface area contributed by atoms with Gasteiger partial charge in [0.2, 0.25) is 0 Å². The molecule has 0 aromatic carbocycles. The Morgan fingerprint density at radius 1 is 1.00 bits per heavy atom. The molecule has 1 aliphatic heterocycles. The Hall–Kier alpha value is -0.120. The quantitative estimate of drug-likeness (QED) is 0.762. The second-order valence-electron chi connectivity index (χ2n) is 7.71. The standard InChI is InChI=1S/C12H22O2.C6H12O/c1-4-5-9-8-10(13)6-7-12(9)11(2,3)14-12;7-6-4-2-1-3-5-6/h9-10,13H,4-8H2,1-3H3;6-7H,1-5H2. The maximum atomic E-state index is 9.68. The molecule has 2 aliphatic carbocycles. The van der Waals surface area contributed by atoms with Crippen molar-refractivity contribution in [2.45, 2.75) is 108 Å². The third kappa shape index (κ3) is 4.00. The van der Waals surface area contributed by atoms with E-state index in [1.165, 1.54) is 32.1 Å². The van der Waals surface area contributed by atoms with Gasteiger partial charge in [-0.15, -0.1) is 0 Å². The number of hydrogen-bond acceptors (Lipinski definition) is 3. The predicted molar refractivity (Wildman–Crippen MR) is 85.2 cm³/mol. The highest BCUT2D eigenvalue weighted by Crippen LogP contribution is 2.59. The molecule has 0 aromatic rings. The summed E-state index contributed by atoms with van der Waals surface area (Å²) in [5.74, 6) is 0.575. The number of aliphatic hydroxyl groups excluding tert-OH is 2. The van der Waals surface area contributed by atoms with Crippen molar-refractivity contribution in [2.75, 3.05) is 0 Å². The molecule has 124 valence electrons. The third-order valence-electron chi connectivity index (χ3n) is 5.69. The normalized spacial score (nSPS) is 38.7. The monoisotopic (exact) mass is 298 g/mol. The lowest BCUT2D eigenvalue weighted by Gasteiger charge is -2.33. The van der Waals surface area contributed by atoms with Gasteiger partial charge in [0.25, 0.3) is 0 Å². The Balaban J connectivity index is 0.000000194. The van der Waals surface area contributed by atoms with Gasteiger partial charge in [-0.3, -0.25) is 0 Å². The highest BCUT2D eigenvalue weighted by atomic mass is 16.6. The molecule has 3 aliphatic rings. The summed E-state index contributed by atoms with van der Waals surface area (Å²) in [7, 11) is 0. The van der Waals surface area contributed by atoms with Crippen molar-refractivity contribution in [1.82, 2.24) is 0 Å². The van der Waals surface area contributed by atoms with E-state index in [-0.39, 0.29) is 23.4 Å². The van der Waals surface area contributed by atoms with Crippen molar-refractivity contribution >= 4 is 0 Å². The fraction of sp³-hybridized carbons (Fsp3) is 1.00. The van der Waals surface area contributed by atoms with E-state index < -0.39 is 0 Å². The second-order valence-corrected chi connectivity index (χ2v) is 7.71. The van der Waals surface area contributed by atoms with Crippen molar-refractivity contribution in [3.8, 4) is 0 Å². The first-order valence-electron chi connectivity index (χ1n) is 8.97. The highest BCUT2D eigenvalue weighted by molar-refractivity contribution is 5.16. The lowest BCUT2D eigenvalue weighted by molar-refractivity contribution is 0.0446. The van der Waals surface area contributed by atoms with E-state index in [9.17, 15) is 5.11 Å². The Morgan fingerprint density at radius 2 is 1.62 bits per heavy atom. The summed E-state index contributed by atoms with van der Waals surface area (Å²) in [5, 5.41) is 18.6. The van der Waals surface area contributed by atoms with Crippen LogP contribution in [0.5, 0.6) is 0 Å². The van der Waals surface area contributed by atoms with E-state index in [1.54, 1.807) is 0 Å². The average molecular weight is 298 g/mol. The van der Waals surface area contributed by atoms with Crippen LogP contribution in [-0.4, -0.2) is 33.6 Å². The summed E-state index contributed by atoms with van der Waals surface area (Å²) in [5.41, 5.74) is 0.176. The molecule has 21 heavy (non-hydrogen) atoms. The van der Waals surface area contributed by atoms with E-state index >= 15 is 0 Å². The molecule has 1 heterocycles. The predicted octanol–water partition coefficient (Wildman–Crippen LogP) is 3.81. The zero-order valence-corrected chi connectivity index (χ0v) is 14.1. The van der Waals surface area contributed by atoms with E-state index in [4.69, 9.17) is 9.84 Å². The molecular formula is C18H34O3. The zero-order chi connectivity index (χ0) is 15.5. The Labute approximate surface area is 130 Å². The van der Waals surface area contributed by atoms with Gasteiger partial charge in [-0.25, -0.2) is 0 Å². The van der Waals surface area contributed by atoms with Crippen LogP contribution in [0, 0.1) is 5.92 Å². The van der Waals surface area contributed by atoms with Crippen molar-refractivity contribution in [3.63, 3.8) is 0 Å². The van der Waals surface area contributed by atoms with Crippen LogP contribution >= 0.6 is 0 Å². The van der Waals surface area contributed by atoms with Gasteiger partial charge in [0.1, 0.15) is 5.60 Å². The summed E-state index contributed by atoms with van der Waals surface area (Å²) in [4.78, 5) is 0. The van der Waals surface area contributed by atoms with Gasteiger partial charge in [-0.2, -0.15) is 0 Å². The summed E-state index contributed by atoms with van der Waals surface area (Å²) in [6.45, 7) is 6.59. The van der Waals surface area contributed by atoms with Gasteiger partial charge in [0.05, 0.1) is 17.8 Å². The average Bonchev–Trinajstić information content (AvgIpc) is 2.99. The van der Waals surface area contributed by atoms with Crippen molar-refractivity contribution in [2.24, 2.45) is 5.92 Å². The molecule has 0 bridgehead atoms. The van der Waals surface area contributed by atoms with Gasteiger partial charge in [-0.05, 0) is 58.3 Å².